The van der Waals surface area contributed by atoms with Gasteiger partial charge in [0, 0.05) is 6.04 Å². The Labute approximate surface area is 91.7 Å². The molecule has 1 heteroatoms. The van der Waals surface area contributed by atoms with Crippen LogP contribution in [0.1, 0.15) is 30.9 Å². The number of rotatable bonds is 2. The first kappa shape index (κ1) is 9.41. The minimum absolute atomic E-state index is 0.372. The van der Waals surface area contributed by atoms with Crippen molar-refractivity contribution in [3.05, 3.63) is 35.4 Å². The number of benzene rings is 1. The van der Waals surface area contributed by atoms with Gasteiger partial charge < -0.3 is 5.73 Å². The molecule has 2 aliphatic rings. The predicted molar refractivity (Wildman–Crippen MR) is 62.7 cm³/mol. The summed E-state index contributed by atoms with van der Waals surface area (Å²) in [6.07, 6.45) is 5.22. The maximum absolute atomic E-state index is 6.15. The Balaban J connectivity index is 1.85. The maximum Gasteiger partial charge on any atom is 0.00699 e. The normalized spacial score (nSPS) is 24.9. The number of nitrogens with two attached hydrogens (primary N) is 1. The molecule has 1 aromatic carbocycles. The molecular formula is C14H19N. The molecule has 1 nitrogen and oxygen atoms in total. The van der Waals surface area contributed by atoms with Gasteiger partial charge >= 0.3 is 0 Å². The highest BCUT2D eigenvalue weighted by Gasteiger charge is 2.52. The molecule has 0 amide bonds. The quantitative estimate of drug-likeness (QED) is 0.781. The Morgan fingerprint density at radius 2 is 1.73 bits per heavy atom. The average Bonchev–Trinajstić information content (AvgIpc) is 2.93. The zero-order valence-corrected chi connectivity index (χ0v) is 9.37. The summed E-state index contributed by atoms with van der Waals surface area (Å²) in [5, 5.41) is 0. The highest BCUT2D eigenvalue weighted by molar-refractivity contribution is 5.34. The van der Waals surface area contributed by atoms with Gasteiger partial charge in [-0.2, -0.15) is 0 Å². The van der Waals surface area contributed by atoms with E-state index in [0.29, 0.717) is 11.5 Å². The van der Waals surface area contributed by atoms with Crippen LogP contribution in [0, 0.1) is 11.3 Å². The summed E-state index contributed by atoms with van der Waals surface area (Å²) in [7, 11) is 0. The Kier molecular flexibility index (Phi) is 1.93. The van der Waals surface area contributed by atoms with Crippen molar-refractivity contribution in [1.29, 1.82) is 0 Å². The average molecular weight is 201 g/mol. The molecule has 1 aromatic rings. The van der Waals surface area contributed by atoms with E-state index in [4.69, 9.17) is 5.73 Å². The summed E-state index contributed by atoms with van der Waals surface area (Å²) in [6, 6.07) is 9.26. The summed E-state index contributed by atoms with van der Waals surface area (Å²) < 4.78 is 0. The van der Waals surface area contributed by atoms with Crippen molar-refractivity contribution in [3.8, 4) is 0 Å². The number of hydrogen-bond donors (Lipinski definition) is 1. The van der Waals surface area contributed by atoms with Crippen LogP contribution in [-0.2, 0) is 12.8 Å². The van der Waals surface area contributed by atoms with Crippen LogP contribution in [0.3, 0.4) is 0 Å². The topological polar surface area (TPSA) is 26.0 Å². The lowest BCUT2D eigenvalue weighted by Crippen LogP contribution is -2.34. The fourth-order valence-electron chi connectivity index (χ4n) is 3.35. The second-order valence-electron chi connectivity index (χ2n) is 5.40. The van der Waals surface area contributed by atoms with Crippen molar-refractivity contribution < 1.29 is 0 Å². The van der Waals surface area contributed by atoms with Gasteiger partial charge in [-0.1, -0.05) is 24.3 Å². The summed E-state index contributed by atoms with van der Waals surface area (Å²) in [6.45, 7) is 2.19. The van der Waals surface area contributed by atoms with Gasteiger partial charge in [-0.25, -0.2) is 0 Å². The standard InChI is InChI=1S/C14H19N/c1-10(15)14(6-7-14)13-8-11-4-2-3-5-12(11)9-13/h2-5,10,13H,6-9,15H2,1H3. The van der Waals surface area contributed by atoms with Crippen LogP contribution in [-0.4, -0.2) is 6.04 Å². The SMILES string of the molecule is CC(N)C1(C2Cc3ccccc3C2)CC1. The largest absolute Gasteiger partial charge is 0.327 e. The lowest BCUT2D eigenvalue weighted by Gasteiger charge is -2.26. The molecule has 0 radical (unpaired) electrons. The van der Waals surface area contributed by atoms with Crippen molar-refractivity contribution in [2.75, 3.05) is 0 Å². The van der Waals surface area contributed by atoms with E-state index in [0.717, 1.165) is 5.92 Å². The van der Waals surface area contributed by atoms with Crippen molar-refractivity contribution in [2.24, 2.45) is 17.1 Å². The van der Waals surface area contributed by atoms with Crippen LogP contribution in [0.25, 0.3) is 0 Å². The first-order valence-corrected chi connectivity index (χ1v) is 6.05. The van der Waals surface area contributed by atoms with Crippen LogP contribution in [0.5, 0.6) is 0 Å². The molecule has 0 bridgehead atoms. The monoisotopic (exact) mass is 201 g/mol. The van der Waals surface area contributed by atoms with Gasteiger partial charge in [0.25, 0.3) is 0 Å². The van der Waals surface area contributed by atoms with Gasteiger partial charge in [-0.15, -0.1) is 0 Å². The molecule has 0 aliphatic heterocycles. The van der Waals surface area contributed by atoms with Crippen molar-refractivity contribution in [1.82, 2.24) is 0 Å². The first-order valence-electron chi connectivity index (χ1n) is 6.05. The molecule has 1 fully saturated rings. The van der Waals surface area contributed by atoms with Gasteiger partial charge in [0.05, 0.1) is 0 Å². The number of fused-ring (bicyclic) bond motifs is 1. The lowest BCUT2D eigenvalue weighted by atomic mass is 9.81. The second kappa shape index (κ2) is 3.08. The van der Waals surface area contributed by atoms with E-state index in [2.05, 4.69) is 31.2 Å². The molecule has 1 atom stereocenters. The summed E-state index contributed by atoms with van der Waals surface area (Å²) in [4.78, 5) is 0. The Hall–Kier alpha value is -0.820. The van der Waals surface area contributed by atoms with Gasteiger partial charge in [0.2, 0.25) is 0 Å². The molecule has 15 heavy (non-hydrogen) atoms. The minimum Gasteiger partial charge on any atom is -0.327 e. The van der Waals surface area contributed by atoms with Crippen LogP contribution in [0.15, 0.2) is 24.3 Å². The van der Waals surface area contributed by atoms with Crippen LogP contribution >= 0.6 is 0 Å². The zero-order valence-electron chi connectivity index (χ0n) is 9.37. The highest BCUT2D eigenvalue weighted by atomic mass is 14.7. The molecular weight excluding hydrogens is 182 g/mol. The molecule has 2 aliphatic carbocycles. The van der Waals surface area contributed by atoms with Crippen molar-refractivity contribution in [2.45, 2.75) is 38.6 Å². The van der Waals surface area contributed by atoms with E-state index in [1.165, 1.54) is 25.7 Å². The second-order valence-corrected chi connectivity index (χ2v) is 5.40. The third-order valence-corrected chi connectivity index (χ3v) is 4.60. The van der Waals surface area contributed by atoms with E-state index in [1.54, 1.807) is 11.1 Å². The van der Waals surface area contributed by atoms with Gasteiger partial charge in [-0.3, -0.25) is 0 Å². The Bertz CT molecular complexity index is 352. The van der Waals surface area contributed by atoms with Gasteiger partial charge in [0.1, 0.15) is 0 Å². The third kappa shape index (κ3) is 1.33. The summed E-state index contributed by atoms with van der Waals surface area (Å²) >= 11 is 0. The smallest absolute Gasteiger partial charge is 0.00699 e. The molecule has 1 unspecified atom stereocenters. The molecule has 0 saturated heterocycles. The molecule has 80 valence electrons. The van der Waals surface area contributed by atoms with Crippen LogP contribution in [0.4, 0.5) is 0 Å². The lowest BCUT2D eigenvalue weighted by molar-refractivity contribution is 0.273. The van der Waals surface area contributed by atoms with Gasteiger partial charge in [0.15, 0.2) is 0 Å². The predicted octanol–water partition coefficient (Wildman–Crippen LogP) is 2.53. The molecule has 0 heterocycles. The number of hydrogen-bond acceptors (Lipinski definition) is 1. The zero-order chi connectivity index (χ0) is 10.5. The fourth-order valence-corrected chi connectivity index (χ4v) is 3.35. The minimum atomic E-state index is 0.372. The summed E-state index contributed by atoms with van der Waals surface area (Å²) in [5.74, 6) is 0.815. The van der Waals surface area contributed by atoms with Crippen LogP contribution < -0.4 is 5.73 Å². The van der Waals surface area contributed by atoms with E-state index >= 15 is 0 Å². The molecule has 0 spiro atoms. The van der Waals surface area contributed by atoms with E-state index in [-0.39, 0.29) is 0 Å². The maximum atomic E-state index is 6.15. The fraction of sp³-hybridized carbons (Fsp3) is 0.571. The molecule has 3 rings (SSSR count). The van der Waals surface area contributed by atoms with E-state index in [1.807, 2.05) is 0 Å². The van der Waals surface area contributed by atoms with Crippen molar-refractivity contribution >= 4 is 0 Å². The van der Waals surface area contributed by atoms with E-state index in [9.17, 15) is 0 Å². The van der Waals surface area contributed by atoms with Gasteiger partial charge in [-0.05, 0) is 55.1 Å². The summed E-state index contributed by atoms with van der Waals surface area (Å²) in [5.41, 5.74) is 9.76. The molecule has 0 aromatic heterocycles. The molecule has 1 saturated carbocycles. The van der Waals surface area contributed by atoms with Crippen molar-refractivity contribution in [3.63, 3.8) is 0 Å². The van der Waals surface area contributed by atoms with E-state index < -0.39 is 0 Å². The van der Waals surface area contributed by atoms with Crippen LogP contribution in [0.2, 0.25) is 0 Å². The first-order chi connectivity index (χ1) is 7.22. The molecule has 2 N–H and O–H groups in total. The Morgan fingerprint density at radius 1 is 1.20 bits per heavy atom. The third-order valence-electron chi connectivity index (χ3n) is 4.60. The highest BCUT2D eigenvalue weighted by Crippen LogP contribution is 2.57. The Morgan fingerprint density at radius 3 is 2.13 bits per heavy atom.